The lowest BCUT2D eigenvalue weighted by molar-refractivity contribution is 0.0746. The van der Waals surface area contributed by atoms with Crippen molar-refractivity contribution in [1.29, 1.82) is 0 Å². The molecule has 1 aliphatic rings. The zero-order valence-electron chi connectivity index (χ0n) is 15.0. The molecular weight excluding hydrogens is 362 g/mol. The number of aromatic nitrogens is 3. The maximum Gasteiger partial charge on any atom is 0.257 e. The number of benzene rings is 1. The predicted molar refractivity (Wildman–Crippen MR) is 106 cm³/mol. The average Bonchev–Trinajstić information content (AvgIpc) is 3.09. The van der Waals surface area contributed by atoms with Gasteiger partial charge in [-0.15, -0.1) is 0 Å². The molecule has 6 nitrogen and oxygen atoms in total. The molecule has 1 amide bonds. The minimum Gasteiger partial charge on any atom is -0.368 e. The van der Waals surface area contributed by atoms with Crippen LogP contribution in [0, 0.1) is 6.92 Å². The Morgan fingerprint density at radius 3 is 2.48 bits per heavy atom. The zero-order valence-corrected chi connectivity index (χ0v) is 15.8. The molecule has 0 radical (unpaired) electrons. The maximum atomic E-state index is 13.0. The van der Waals surface area contributed by atoms with E-state index in [1.54, 1.807) is 23.3 Å². The normalized spacial score (nSPS) is 14.4. The molecule has 1 aliphatic heterocycles. The summed E-state index contributed by atoms with van der Waals surface area (Å²) in [5, 5.41) is 5.04. The standard InChI is InChI=1S/C20H20ClN5O/c1-15-19(14-23-26(15)18-4-2-3-16(21)13-18)20(27)25-11-9-24(10-12-25)17-5-7-22-8-6-17/h2-8,13-14H,9-12H2,1H3. The van der Waals surface area contributed by atoms with Gasteiger partial charge in [-0.3, -0.25) is 9.78 Å². The van der Waals surface area contributed by atoms with E-state index in [0.29, 0.717) is 23.7 Å². The fraction of sp³-hybridized carbons (Fsp3) is 0.250. The van der Waals surface area contributed by atoms with Gasteiger partial charge >= 0.3 is 0 Å². The third kappa shape index (κ3) is 3.53. The molecule has 1 aromatic carbocycles. The van der Waals surface area contributed by atoms with E-state index in [1.165, 1.54) is 0 Å². The van der Waals surface area contributed by atoms with E-state index < -0.39 is 0 Å². The van der Waals surface area contributed by atoms with Gasteiger partial charge < -0.3 is 9.80 Å². The molecular formula is C20H20ClN5O. The van der Waals surface area contributed by atoms with Crippen molar-refractivity contribution in [2.45, 2.75) is 6.92 Å². The van der Waals surface area contributed by atoms with E-state index in [1.807, 2.05) is 48.2 Å². The second-order valence-electron chi connectivity index (χ2n) is 6.52. The van der Waals surface area contributed by atoms with Crippen molar-refractivity contribution >= 4 is 23.2 Å². The Balaban J connectivity index is 1.48. The number of carbonyl (C=O) groups is 1. The summed E-state index contributed by atoms with van der Waals surface area (Å²) < 4.78 is 1.76. The van der Waals surface area contributed by atoms with Crippen molar-refractivity contribution in [3.63, 3.8) is 0 Å². The van der Waals surface area contributed by atoms with Crippen LogP contribution in [0.3, 0.4) is 0 Å². The molecule has 0 spiro atoms. The molecule has 0 saturated carbocycles. The third-order valence-corrected chi connectivity index (χ3v) is 5.12. The van der Waals surface area contributed by atoms with Crippen LogP contribution in [0.5, 0.6) is 0 Å². The third-order valence-electron chi connectivity index (χ3n) is 4.89. The fourth-order valence-electron chi connectivity index (χ4n) is 3.38. The number of hydrogen-bond acceptors (Lipinski definition) is 4. The summed E-state index contributed by atoms with van der Waals surface area (Å²) in [7, 11) is 0. The average molecular weight is 382 g/mol. The summed E-state index contributed by atoms with van der Waals surface area (Å²) >= 11 is 6.08. The lowest BCUT2D eigenvalue weighted by Gasteiger charge is -2.36. The van der Waals surface area contributed by atoms with Crippen molar-refractivity contribution < 1.29 is 4.79 Å². The summed E-state index contributed by atoms with van der Waals surface area (Å²) in [6, 6.07) is 11.4. The number of carbonyl (C=O) groups excluding carboxylic acids is 1. The van der Waals surface area contributed by atoms with E-state index in [2.05, 4.69) is 15.0 Å². The summed E-state index contributed by atoms with van der Waals surface area (Å²) in [5.74, 6) is 0.0233. The second kappa shape index (κ2) is 7.40. The Hall–Kier alpha value is -2.86. The van der Waals surface area contributed by atoms with Crippen molar-refractivity contribution in [2.75, 3.05) is 31.1 Å². The van der Waals surface area contributed by atoms with E-state index in [-0.39, 0.29) is 5.91 Å². The topological polar surface area (TPSA) is 54.3 Å². The quantitative estimate of drug-likeness (QED) is 0.699. The first-order valence-corrected chi connectivity index (χ1v) is 9.26. The van der Waals surface area contributed by atoms with Gasteiger partial charge in [-0.1, -0.05) is 17.7 Å². The molecule has 138 valence electrons. The number of rotatable bonds is 3. The summed E-state index contributed by atoms with van der Waals surface area (Å²) in [5.41, 5.74) is 3.44. The summed E-state index contributed by atoms with van der Waals surface area (Å²) in [4.78, 5) is 21.2. The maximum absolute atomic E-state index is 13.0. The molecule has 4 rings (SSSR count). The molecule has 0 bridgehead atoms. The van der Waals surface area contributed by atoms with Crippen LogP contribution in [-0.4, -0.2) is 51.8 Å². The number of amides is 1. The van der Waals surface area contributed by atoms with Gasteiger partial charge in [0.05, 0.1) is 23.1 Å². The molecule has 3 heterocycles. The largest absolute Gasteiger partial charge is 0.368 e. The zero-order chi connectivity index (χ0) is 18.8. The predicted octanol–water partition coefficient (Wildman–Crippen LogP) is 3.19. The highest BCUT2D eigenvalue weighted by atomic mass is 35.5. The van der Waals surface area contributed by atoms with Crippen LogP contribution in [-0.2, 0) is 0 Å². The molecule has 1 fully saturated rings. The highest BCUT2D eigenvalue weighted by Crippen LogP contribution is 2.20. The minimum absolute atomic E-state index is 0.0233. The second-order valence-corrected chi connectivity index (χ2v) is 6.96. The highest BCUT2D eigenvalue weighted by Gasteiger charge is 2.25. The van der Waals surface area contributed by atoms with Crippen molar-refractivity contribution in [3.8, 4) is 5.69 Å². The van der Waals surface area contributed by atoms with E-state index in [9.17, 15) is 4.79 Å². The molecule has 27 heavy (non-hydrogen) atoms. The van der Waals surface area contributed by atoms with Crippen molar-refractivity contribution in [3.05, 3.63) is 71.3 Å². The van der Waals surface area contributed by atoms with E-state index in [0.717, 1.165) is 30.2 Å². The molecule has 7 heteroatoms. The van der Waals surface area contributed by atoms with Crippen molar-refractivity contribution in [2.24, 2.45) is 0 Å². The molecule has 0 aliphatic carbocycles. The highest BCUT2D eigenvalue weighted by molar-refractivity contribution is 6.30. The summed E-state index contributed by atoms with van der Waals surface area (Å²) in [6.45, 7) is 4.88. The Bertz CT molecular complexity index is 948. The first-order valence-electron chi connectivity index (χ1n) is 8.88. The molecule has 0 N–H and O–H groups in total. The minimum atomic E-state index is 0.0233. The molecule has 0 atom stereocenters. The monoisotopic (exact) mass is 381 g/mol. The number of halogens is 1. The fourth-order valence-corrected chi connectivity index (χ4v) is 3.57. The van der Waals surface area contributed by atoms with Crippen LogP contribution in [0.4, 0.5) is 5.69 Å². The Kier molecular flexibility index (Phi) is 4.81. The van der Waals surface area contributed by atoms with E-state index >= 15 is 0 Å². The number of anilines is 1. The Morgan fingerprint density at radius 1 is 1.04 bits per heavy atom. The lowest BCUT2D eigenvalue weighted by Crippen LogP contribution is -2.48. The van der Waals surface area contributed by atoms with Crippen LogP contribution in [0.25, 0.3) is 5.69 Å². The van der Waals surface area contributed by atoms with Crippen LogP contribution in [0.1, 0.15) is 16.1 Å². The molecule has 0 unspecified atom stereocenters. The molecule has 1 saturated heterocycles. The number of pyridine rings is 1. The molecule has 2 aromatic heterocycles. The van der Waals surface area contributed by atoms with Gasteiger partial charge in [-0.25, -0.2) is 4.68 Å². The van der Waals surface area contributed by atoms with Gasteiger partial charge in [0.1, 0.15) is 0 Å². The first-order chi connectivity index (χ1) is 13.1. The van der Waals surface area contributed by atoms with Gasteiger partial charge in [0.25, 0.3) is 5.91 Å². The van der Waals surface area contributed by atoms with Crippen LogP contribution in [0.15, 0.2) is 55.0 Å². The smallest absolute Gasteiger partial charge is 0.257 e. The molecule has 3 aromatic rings. The Morgan fingerprint density at radius 2 is 1.78 bits per heavy atom. The SMILES string of the molecule is Cc1c(C(=O)N2CCN(c3ccncc3)CC2)cnn1-c1cccc(Cl)c1. The number of hydrogen-bond donors (Lipinski definition) is 0. The lowest BCUT2D eigenvalue weighted by atomic mass is 10.2. The summed E-state index contributed by atoms with van der Waals surface area (Å²) in [6.07, 6.45) is 5.23. The van der Waals surface area contributed by atoms with Crippen molar-refractivity contribution in [1.82, 2.24) is 19.7 Å². The van der Waals surface area contributed by atoms with E-state index in [4.69, 9.17) is 11.6 Å². The van der Waals surface area contributed by atoms with Gasteiger partial charge in [-0.05, 0) is 37.3 Å². The van der Waals surface area contributed by atoms with Crippen LogP contribution >= 0.6 is 11.6 Å². The Labute approximate surface area is 163 Å². The van der Waals surface area contributed by atoms with Gasteiger partial charge in [0.15, 0.2) is 0 Å². The number of piperazine rings is 1. The first kappa shape index (κ1) is 17.5. The van der Waals surface area contributed by atoms with Crippen LogP contribution in [0.2, 0.25) is 5.02 Å². The van der Waals surface area contributed by atoms with Gasteiger partial charge in [-0.2, -0.15) is 5.10 Å². The van der Waals surface area contributed by atoms with Crippen LogP contribution < -0.4 is 4.90 Å². The van der Waals surface area contributed by atoms with Gasteiger partial charge in [0.2, 0.25) is 0 Å². The number of nitrogens with zero attached hydrogens (tertiary/aromatic N) is 5. The van der Waals surface area contributed by atoms with Gasteiger partial charge in [0, 0.05) is 49.3 Å².